The summed E-state index contributed by atoms with van der Waals surface area (Å²) in [5.41, 5.74) is 1.71. The Labute approximate surface area is 120 Å². The van der Waals surface area contributed by atoms with E-state index in [1.165, 1.54) is 10.6 Å². The molecule has 2 heterocycles. The van der Waals surface area contributed by atoms with Gasteiger partial charge in [-0.15, -0.1) is 0 Å². The number of fused-ring (bicyclic) bond motifs is 1. The van der Waals surface area contributed by atoms with Gasteiger partial charge in [-0.2, -0.15) is 0 Å². The number of anilines is 1. The molecule has 1 aromatic carbocycles. The molecule has 102 valence electrons. The van der Waals surface area contributed by atoms with Gasteiger partial charge in [0.25, 0.3) is 0 Å². The monoisotopic (exact) mass is 343 g/mol. The molecule has 19 heavy (non-hydrogen) atoms. The van der Waals surface area contributed by atoms with Crippen LogP contribution >= 0.6 is 15.9 Å². The molecule has 2 aliphatic heterocycles. The number of nitrogens with one attached hydrogen (secondary N) is 1. The molecule has 0 aliphatic carbocycles. The summed E-state index contributed by atoms with van der Waals surface area (Å²) in [6.07, 6.45) is 1.23. The van der Waals surface area contributed by atoms with Crippen LogP contribution in [0.25, 0.3) is 0 Å². The Morgan fingerprint density at radius 3 is 2.79 bits per heavy atom. The molecular formula is C12H14BrN3O2S. The van der Waals surface area contributed by atoms with Crippen LogP contribution in [0.1, 0.15) is 10.4 Å². The number of para-hydroxylation sites is 1. The average molecular weight is 344 g/mol. The molecule has 1 aromatic rings. The third-order valence-electron chi connectivity index (χ3n) is 3.34. The summed E-state index contributed by atoms with van der Waals surface area (Å²) in [5.74, 6) is 0.739. The Balaban J connectivity index is 2.15. The van der Waals surface area contributed by atoms with E-state index in [4.69, 9.17) is 0 Å². The van der Waals surface area contributed by atoms with Gasteiger partial charge in [-0.1, -0.05) is 34.1 Å². The molecule has 0 radical (unpaired) electrons. The largest absolute Gasteiger partial charge is 0.370 e. The van der Waals surface area contributed by atoms with Crippen molar-refractivity contribution in [1.29, 1.82) is 0 Å². The highest BCUT2D eigenvalue weighted by Gasteiger charge is 2.44. The number of sulfonamides is 1. The van der Waals surface area contributed by atoms with E-state index in [0.29, 0.717) is 6.54 Å². The van der Waals surface area contributed by atoms with Crippen molar-refractivity contribution < 1.29 is 8.42 Å². The lowest BCUT2D eigenvalue weighted by molar-refractivity contribution is 0.594. The quantitative estimate of drug-likeness (QED) is 0.822. The first-order chi connectivity index (χ1) is 9.00. The molecule has 5 nitrogen and oxygen atoms in total. The Kier molecular flexibility index (Phi) is 3.05. The fraction of sp³-hybridized carbons (Fsp3) is 0.417. The van der Waals surface area contributed by atoms with Crippen molar-refractivity contribution in [3.8, 4) is 0 Å². The zero-order chi connectivity index (χ0) is 13.6. The molecule has 2 aliphatic rings. The van der Waals surface area contributed by atoms with Gasteiger partial charge < -0.3 is 5.32 Å². The molecule has 0 saturated heterocycles. The van der Waals surface area contributed by atoms with Crippen LogP contribution in [0.5, 0.6) is 0 Å². The lowest BCUT2D eigenvalue weighted by Crippen LogP contribution is -2.46. The minimum absolute atomic E-state index is 0.0808. The number of amidine groups is 1. The number of alkyl halides is 1. The Bertz CT molecular complexity index is 644. The van der Waals surface area contributed by atoms with Crippen molar-refractivity contribution in [3.63, 3.8) is 0 Å². The van der Waals surface area contributed by atoms with Gasteiger partial charge in [0.15, 0.2) is 0 Å². The van der Waals surface area contributed by atoms with Crippen molar-refractivity contribution in [2.45, 2.75) is 10.9 Å². The number of rotatable bonds is 2. The molecule has 0 saturated carbocycles. The molecule has 7 heteroatoms. The summed E-state index contributed by atoms with van der Waals surface area (Å²) < 4.78 is 25.7. The van der Waals surface area contributed by atoms with Crippen molar-refractivity contribution >= 4 is 37.5 Å². The third-order valence-corrected chi connectivity index (χ3v) is 5.47. The first kappa shape index (κ1) is 12.9. The second-order valence-corrected chi connectivity index (χ2v) is 7.50. The van der Waals surface area contributed by atoms with Crippen LogP contribution in [0.15, 0.2) is 29.3 Å². The Morgan fingerprint density at radius 1 is 1.42 bits per heavy atom. The van der Waals surface area contributed by atoms with Crippen molar-refractivity contribution in [2.24, 2.45) is 4.99 Å². The second-order valence-electron chi connectivity index (χ2n) is 4.66. The lowest BCUT2D eigenvalue weighted by atomic mass is 10.1. The highest BCUT2D eigenvalue weighted by Crippen LogP contribution is 2.46. The predicted molar refractivity (Wildman–Crippen MR) is 79.5 cm³/mol. The first-order valence-corrected chi connectivity index (χ1v) is 8.77. The molecule has 0 bridgehead atoms. The average Bonchev–Trinajstić information content (AvgIpc) is 2.95. The van der Waals surface area contributed by atoms with Gasteiger partial charge in [-0.05, 0) is 11.6 Å². The van der Waals surface area contributed by atoms with Crippen molar-refractivity contribution in [2.75, 3.05) is 23.7 Å². The number of hydrogen-bond donors (Lipinski definition) is 1. The highest BCUT2D eigenvalue weighted by atomic mass is 79.9. The van der Waals surface area contributed by atoms with Crippen LogP contribution in [0.4, 0.5) is 5.69 Å². The fourth-order valence-corrected chi connectivity index (χ4v) is 4.80. The lowest BCUT2D eigenvalue weighted by Gasteiger charge is -2.26. The van der Waals surface area contributed by atoms with Gasteiger partial charge in [0.2, 0.25) is 10.0 Å². The Hall–Kier alpha value is -1.08. The fourth-order valence-electron chi connectivity index (χ4n) is 2.61. The number of benzene rings is 1. The standard InChI is InChI=1S/C12H14BrN3O2S/c1-19(17,18)16-9-5-3-2-4-8(9)10(13)11(16)12-14-6-7-15-12/h2-5,10-11H,6-7H2,1H3,(H,14,15). The molecular weight excluding hydrogens is 330 g/mol. The van der Waals surface area contributed by atoms with E-state index in [2.05, 4.69) is 26.2 Å². The molecule has 3 rings (SSSR count). The number of nitrogens with zero attached hydrogens (tertiary/aromatic N) is 2. The minimum atomic E-state index is -3.35. The molecule has 0 aromatic heterocycles. The zero-order valence-electron chi connectivity index (χ0n) is 10.4. The maximum atomic E-state index is 12.1. The third kappa shape index (κ3) is 2.04. The van der Waals surface area contributed by atoms with Gasteiger partial charge in [-0.3, -0.25) is 9.30 Å². The summed E-state index contributed by atoms with van der Waals surface area (Å²) in [7, 11) is -3.35. The zero-order valence-corrected chi connectivity index (χ0v) is 12.8. The van der Waals surface area contributed by atoms with E-state index in [-0.39, 0.29) is 10.9 Å². The SMILES string of the molecule is CS(=O)(=O)N1c2ccccc2C(Br)C1C1=NCCN1. The van der Waals surface area contributed by atoms with Gasteiger partial charge in [-0.25, -0.2) is 8.42 Å². The maximum absolute atomic E-state index is 12.1. The van der Waals surface area contributed by atoms with E-state index in [1.807, 2.05) is 24.3 Å². The van der Waals surface area contributed by atoms with Gasteiger partial charge in [0, 0.05) is 6.54 Å². The number of halogens is 1. The number of aliphatic imine (C=N–C) groups is 1. The molecule has 0 fully saturated rings. The van der Waals surface area contributed by atoms with Crippen LogP contribution in [0.2, 0.25) is 0 Å². The van der Waals surface area contributed by atoms with Gasteiger partial charge >= 0.3 is 0 Å². The minimum Gasteiger partial charge on any atom is -0.370 e. The summed E-state index contributed by atoms with van der Waals surface area (Å²) in [5, 5.41) is 3.18. The van der Waals surface area contributed by atoms with E-state index in [1.54, 1.807) is 0 Å². The summed E-state index contributed by atoms with van der Waals surface area (Å²) in [4.78, 5) is 4.30. The Morgan fingerprint density at radius 2 is 2.16 bits per heavy atom. The van der Waals surface area contributed by atoms with E-state index in [9.17, 15) is 8.42 Å². The smallest absolute Gasteiger partial charge is 0.232 e. The second kappa shape index (κ2) is 4.49. The number of hydrogen-bond acceptors (Lipinski definition) is 4. The first-order valence-electron chi connectivity index (χ1n) is 6.01. The molecule has 2 atom stereocenters. The van der Waals surface area contributed by atoms with Crippen LogP contribution in [0, 0.1) is 0 Å². The maximum Gasteiger partial charge on any atom is 0.232 e. The van der Waals surface area contributed by atoms with E-state index in [0.717, 1.165) is 23.6 Å². The van der Waals surface area contributed by atoms with E-state index < -0.39 is 10.0 Å². The van der Waals surface area contributed by atoms with Crippen molar-refractivity contribution in [1.82, 2.24) is 5.32 Å². The summed E-state index contributed by atoms with van der Waals surface area (Å²) in [6.45, 7) is 1.46. The molecule has 1 N–H and O–H groups in total. The van der Waals surface area contributed by atoms with Gasteiger partial charge in [0.05, 0.1) is 23.3 Å². The highest BCUT2D eigenvalue weighted by molar-refractivity contribution is 9.09. The normalized spacial score (nSPS) is 26.0. The molecule has 0 spiro atoms. The molecule has 2 unspecified atom stereocenters. The summed E-state index contributed by atoms with van der Waals surface area (Å²) >= 11 is 3.62. The molecule has 0 amide bonds. The van der Waals surface area contributed by atoms with Crippen LogP contribution in [0.3, 0.4) is 0 Å². The van der Waals surface area contributed by atoms with Crippen LogP contribution < -0.4 is 9.62 Å². The van der Waals surface area contributed by atoms with Gasteiger partial charge in [0.1, 0.15) is 11.9 Å². The predicted octanol–water partition coefficient (Wildman–Crippen LogP) is 1.27. The van der Waals surface area contributed by atoms with E-state index >= 15 is 0 Å². The summed E-state index contributed by atoms with van der Waals surface area (Å²) in [6, 6.07) is 7.22. The van der Waals surface area contributed by atoms with Crippen LogP contribution in [-0.4, -0.2) is 39.6 Å². The van der Waals surface area contributed by atoms with Crippen LogP contribution in [-0.2, 0) is 10.0 Å². The van der Waals surface area contributed by atoms with Crippen molar-refractivity contribution in [3.05, 3.63) is 29.8 Å². The topological polar surface area (TPSA) is 61.8 Å².